The second-order valence-electron chi connectivity index (χ2n) is 6.45. The highest BCUT2D eigenvalue weighted by Crippen LogP contribution is 2.33. The van der Waals surface area contributed by atoms with E-state index in [2.05, 4.69) is 30.7 Å². The number of ether oxygens (including phenoxy) is 2. The second kappa shape index (κ2) is 7.23. The molecule has 0 radical (unpaired) electrons. The molecule has 1 unspecified atom stereocenters. The van der Waals surface area contributed by atoms with E-state index in [1.165, 1.54) is 7.11 Å². The van der Waals surface area contributed by atoms with Gasteiger partial charge in [0.25, 0.3) is 5.91 Å². The molecule has 28 heavy (non-hydrogen) atoms. The molecular formula is C19H17BrN4O4. The molecule has 0 bridgehead atoms. The highest BCUT2D eigenvalue weighted by Gasteiger charge is 2.30. The number of fused-ring (bicyclic) bond motifs is 2. The van der Waals surface area contributed by atoms with Gasteiger partial charge >= 0.3 is 6.16 Å². The first-order chi connectivity index (χ1) is 13.5. The van der Waals surface area contributed by atoms with Gasteiger partial charge in [0.15, 0.2) is 11.3 Å². The maximum atomic E-state index is 13.1. The van der Waals surface area contributed by atoms with Crippen LogP contribution in [-0.2, 0) is 11.2 Å². The van der Waals surface area contributed by atoms with Crippen LogP contribution in [0.15, 0.2) is 41.1 Å². The van der Waals surface area contributed by atoms with Crippen molar-refractivity contribution in [3.8, 4) is 5.75 Å². The number of benzene rings is 1. The van der Waals surface area contributed by atoms with Crippen LogP contribution in [0.5, 0.6) is 5.75 Å². The lowest BCUT2D eigenvalue weighted by Gasteiger charge is -2.35. The molecule has 1 amide bonds. The van der Waals surface area contributed by atoms with E-state index in [4.69, 9.17) is 4.74 Å². The van der Waals surface area contributed by atoms with Crippen LogP contribution in [0, 0.1) is 0 Å². The average molecular weight is 445 g/mol. The molecule has 3 heterocycles. The fourth-order valence-electron chi connectivity index (χ4n) is 3.39. The van der Waals surface area contributed by atoms with Crippen molar-refractivity contribution in [2.24, 2.45) is 0 Å². The molecular weight excluding hydrogens is 428 g/mol. The quantitative estimate of drug-likeness (QED) is 0.444. The first kappa shape index (κ1) is 18.4. The Kier molecular flexibility index (Phi) is 4.76. The summed E-state index contributed by atoms with van der Waals surface area (Å²) in [6, 6.07) is 6.95. The Morgan fingerprint density at radius 3 is 2.89 bits per heavy atom. The van der Waals surface area contributed by atoms with Crippen LogP contribution < -0.4 is 4.74 Å². The van der Waals surface area contributed by atoms with Crippen molar-refractivity contribution in [1.82, 2.24) is 19.5 Å². The van der Waals surface area contributed by atoms with Gasteiger partial charge in [-0.15, -0.1) is 0 Å². The molecule has 144 valence electrons. The van der Waals surface area contributed by atoms with Gasteiger partial charge in [-0.3, -0.25) is 4.79 Å². The Morgan fingerprint density at radius 1 is 1.29 bits per heavy atom. The molecule has 1 atom stereocenters. The smallest absolute Gasteiger partial charge is 0.437 e. The molecule has 0 N–H and O–H groups in total. The number of nitrogens with zero attached hydrogens (tertiary/aromatic N) is 4. The number of halogens is 1. The highest BCUT2D eigenvalue weighted by molar-refractivity contribution is 9.10. The third-order valence-corrected chi connectivity index (χ3v) is 5.19. The first-order valence-electron chi connectivity index (χ1n) is 8.67. The van der Waals surface area contributed by atoms with E-state index in [9.17, 15) is 9.59 Å². The molecule has 2 aromatic heterocycles. The van der Waals surface area contributed by atoms with E-state index in [-0.39, 0.29) is 11.9 Å². The number of methoxy groups -OCH3 is 1. The summed E-state index contributed by atoms with van der Waals surface area (Å²) in [5, 5.41) is 4.36. The largest absolute Gasteiger partial charge is 0.513 e. The number of aromatic nitrogens is 3. The van der Waals surface area contributed by atoms with Gasteiger partial charge in [-0.25, -0.2) is 14.3 Å². The molecule has 8 nitrogen and oxygen atoms in total. The summed E-state index contributed by atoms with van der Waals surface area (Å²) in [5.41, 5.74) is 3.02. The van der Waals surface area contributed by atoms with Crippen LogP contribution in [-0.4, -0.2) is 45.2 Å². The van der Waals surface area contributed by atoms with Crippen molar-refractivity contribution in [1.29, 1.82) is 0 Å². The Hall–Kier alpha value is -2.94. The van der Waals surface area contributed by atoms with Crippen LogP contribution in [0.3, 0.4) is 0 Å². The third-order valence-electron chi connectivity index (χ3n) is 4.78. The first-order valence-corrected chi connectivity index (χ1v) is 9.46. The SMILES string of the molecule is COC(=O)Oc1ccc2c(c1)CCN(C(=O)c1cc3ncc(Br)cn3n1)C2C. The zero-order chi connectivity index (χ0) is 19.8. The number of rotatable bonds is 2. The lowest BCUT2D eigenvalue weighted by atomic mass is 9.93. The Balaban J connectivity index is 1.58. The highest BCUT2D eigenvalue weighted by atomic mass is 79.9. The topological polar surface area (TPSA) is 86.0 Å². The van der Waals surface area contributed by atoms with Gasteiger partial charge in [-0.05, 0) is 52.5 Å². The normalized spacial score (nSPS) is 16.0. The predicted molar refractivity (Wildman–Crippen MR) is 103 cm³/mol. The molecule has 4 rings (SSSR count). The Morgan fingerprint density at radius 2 is 2.11 bits per heavy atom. The maximum absolute atomic E-state index is 13.1. The van der Waals surface area contributed by atoms with Gasteiger partial charge in [-0.1, -0.05) is 6.07 Å². The molecule has 0 saturated carbocycles. The van der Waals surface area contributed by atoms with E-state index in [1.54, 1.807) is 33.9 Å². The van der Waals surface area contributed by atoms with Gasteiger partial charge in [0.2, 0.25) is 0 Å². The molecule has 1 aromatic carbocycles. The summed E-state index contributed by atoms with van der Waals surface area (Å²) in [6.07, 6.45) is 3.32. The van der Waals surface area contributed by atoms with Crippen LogP contribution in [0.2, 0.25) is 0 Å². The Bertz CT molecular complexity index is 1080. The van der Waals surface area contributed by atoms with Crippen LogP contribution in [0.4, 0.5) is 4.79 Å². The number of hydrogen-bond donors (Lipinski definition) is 0. The summed E-state index contributed by atoms with van der Waals surface area (Å²) >= 11 is 3.35. The van der Waals surface area contributed by atoms with Gasteiger partial charge in [-0.2, -0.15) is 5.10 Å². The molecule has 9 heteroatoms. The summed E-state index contributed by atoms with van der Waals surface area (Å²) in [7, 11) is 1.26. The summed E-state index contributed by atoms with van der Waals surface area (Å²) in [5.74, 6) is 0.282. The minimum absolute atomic E-state index is 0.132. The minimum atomic E-state index is -0.757. The van der Waals surface area contributed by atoms with Gasteiger partial charge < -0.3 is 14.4 Å². The van der Waals surface area contributed by atoms with E-state index in [0.29, 0.717) is 30.1 Å². The van der Waals surface area contributed by atoms with Crippen LogP contribution in [0.25, 0.3) is 5.65 Å². The maximum Gasteiger partial charge on any atom is 0.513 e. The van der Waals surface area contributed by atoms with Gasteiger partial charge in [0, 0.05) is 25.0 Å². The molecule has 0 saturated heterocycles. The lowest BCUT2D eigenvalue weighted by molar-refractivity contribution is 0.0671. The average Bonchev–Trinajstić information content (AvgIpc) is 3.11. The fourth-order valence-corrected chi connectivity index (χ4v) is 3.69. The minimum Gasteiger partial charge on any atom is -0.437 e. The van der Waals surface area contributed by atoms with Gasteiger partial charge in [0.05, 0.1) is 17.6 Å². The number of hydrogen-bond acceptors (Lipinski definition) is 6. The zero-order valence-corrected chi connectivity index (χ0v) is 16.8. The van der Waals surface area contributed by atoms with E-state index < -0.39 is 6.16 Å². The van der Waals surface area contributed by atoms with E-state index >= 15 is 0 Å². The summed E-state index contributed by atoms with van der Waals surface area (Å²) in [6.45, 7) is 2.51. The Labute approximate surface area is 169 Å². The molecule has 1 aliphatic heterocycles. The van der Waals surface area contributed by atoms with Crippen molar-refractivity contribution in [2.75, 3.05) is 13.7 Å². The summed E-state index contributed by atoms with van der Waals surface area (Å²) in [4.78, 5) is 30.4. The van der Waals surface area contributed by atoms with Gasteiger partial charge in [0.1, 0.15) is 5.75 Å². The second-order valence-corrected chi connectivity index (χ2v) is 7.36. The molecule has 0 aliphatic carbocycles. The van der Waals surface area contributed by atoms with Crippen LogP contribution >= 0.6 is 15.9 Å². The van der Waals surface area contributed by atoms with E-state index in [0.717, 1.165) is 15.6 Å². The van der Waals surface area contributed by atoms with Crippen molar-refractivity contribution in [3.05, 3.63) is 58.0 Å². The van der Waals surface area contributed by atoms with Crippen molar-refractivity contribution < 1.29 is 19.1 Å². The number of amides is 1. The van der Waals surface area contributed by atoms with Crippen molar-refractivity contribution in [3.63, 3.8) is 0 Å². The molecule has 0 fully saturated rings. The van der Waals surface area contributed by atoms with E-state index in [1.807, 2.05) is 19.1 Å². The predicted octanol–water partition coefficient (Wildman–Crippen LogP) is 3.40. The summed E-state index contributed by atoms with van der Waals surface area (Å²) < 4.78 is 12.0. The van der Waals surface area contributed by atoms with Crippen LogP contribution in [0.1, 0.15) is 34.6 Å². The van der Waals surface area contributed by atoms with Crippen molar-refractivity contribution >= 4 is 33.6 Å². The zero-order valence-electron chi connectivity index (χ0n) is 15.3. The fraction of sp³-hybridized carbons (Fsp3) is 0.263. The number of carbonyl (C=O) groups excluding carboxylic acids is 2. The molecule has 3 aromatic rings. The molecule has 1 aliphatic rings. The molecule has 0 spiro atoms. The number of carbonyl (C=O) groups is 2. The third kappa shape index (κ3) is 3.33. The van der Waals surface area contributed by atoms with Crippen molar-refractivity contribution in [2.45, 2.75) is 19.4 Å². The monoisotopic (exact) mass is 444 g/mol. The standard InChI is InChI=1S/C19H17BrN4O4/c1-11-15-4-3-14(28-19(26)27-2)7-12(15)5-6-23(11)18(25)16-8-17-21-9-13(20)10-24(17)22-16/h3-4,7-11H,5-6H2,1-2H3. The lowest BCUT2D eigenvalue weighted by Crippen LogP contribution is -2.39.